The lowest BCUT2D eigenvalue weighted by Crippen LogP contribution is -2.28. The van der Waals surface area contributed by atoms with E-state index in [2.05, 4.69) is 0 Å². The average Bonchev–Trinajstić information content (AvgIpc) is 3.35. The molecule has 0 unspecified atom stereocenters. The predicted molar refractivity (Wildman–Crippen MR) is 142 cm³/mol. The van der Waals surface area contributed by atoms with Crippen LogP contribution in [0, 0.1) is 23.0 Å². The molecular formula is C28H21F5N2O3S2. The van der Waals surface area contributed by atoms with Crippen molar-refractivity contribution in [1.29, 1.82) is 5.26 Å². The summed E-state index contributed by atoms with van der Waals surface area (Å²) in [5.74, 6) is -1.91. The fraction of sp³-hybridized carbons (Fsp3) is 0.214. The zero-order valence-corrected chi connectivity index (χ0v) is 22.9. The molecule has 0 amide bonds. The van der Waals surface area contributed by atoms with Crippen LogP contribution < -0.4 is 5.56 Å². The molecule has 4 rings (SSSR count). The van der Waals surface area contributed by atoms with E-state index in [9.17, 15) is 40.4 Å². The van der Waals surface area contributed by atoms with Crippen LogP contribution >= 0.6 is 11.3 Å². The Bertz CT molecular complexity index is 1830. The van der Waals surface area contributed by atoms with Crippen molar-refractivity contribution in [1.82, 2.24) is 4.57 Å². The van der Waals surface area contributed by atoms with Crippen LogP contribution in [0.1, 0.15) is 42.0 Å². The lowest BCUT2D eigenvalue weighted by molar-refractivity contribution is -0.137. The van der Waals surface area contributed by atoms with E-state index >= 15 is 0 Å². The van der Waals surface area contributed by atoms with Gasteiger partial charge in [0.2, 0.25) is 0 Å². The molecule has 0 bridgehead atoms. The Morgan fingerprint density at radius 3 is 2.25 bits per heavy atom. The van der Waals surface area contributed by atoms with Crippen molar-refractivity contribution in [3.63, 3.8) is 0 Å². The third-order valence-electron chi connectivity index (χ3n) is 6.23. The summed E-state index contributed by atoms with van der Waals surface area (Å²) >= 11 is 0.993. The smallest absolute Gasteiger partial charge is 0.302 e. The largest absolute Gasteiger partial charge is 0.417 e. The molecule has 40 heavy (non-hydrogen) atoms. The van der Waals surface area contributed by atoms with Crippen LogP contribution in [-0.4, -0.2) is 19.2 Å². The van der Waals surface area contributed by atoms with Gasteiger partial charge in [0, 0.05) is 22.8 Å². The maximum absolute atomic E-state index is 14.5. The number of pyridine rings is 1. The molecule has 5 nitrogen and oxygen atoms in total. The lowest BCUT2D eigenvalue weighted by atomic mass is 10.0. The van der Waals surface area contributed by atoms with Crippen molar-refractivity contribution in [2.75, 3.05) is 6.26 Å². The van der Waals surface area contributed by atoms with Gasteiger partial charge in [-0.25, -0.2) is 17.2 Å². The fourth-order valence-electron chi connectivity index (χ4n) is 4.10. The van der Waals surface area contributed by atoms with Crippen LogP contribution in [-0.2, 0) is 22.6 Å². The molecule has 0 aliphatic carbocycles. The Balaban J connectivity index is 1.96. The van der Waals surface area contributed by atoms with Gasteiger partial charge in [-0.2, -0.15) is 18.4 Å². The van der Waals surface area contributed by atoms with Crippen LogP contribution in [0.15, 0.2) is 64.3 Å². The highest BCUT2D eigenvalue weighted by atomic mass is 32.2. The second kappa shape index (κ2) is 10.6. The Hall–Kier alpha value is -3.82. The van der Waals surface area contributed by atoms with E-state index in [0.29, 0.717) is 22.6 Å². The monoisotopic (exact) mass is 592 g/mol. The number of sulfone groups is 1. The predicted octanol–water partition coefficient (Wildman–Crippen LogP) is 6.99. The van der Waals surface area contributed by atoms with E-state index in [1.165, 1.54) is 18.2 Å². The number of alkyl halides is 3. The second-order valence-electron chi connectivity index (χ2n) is 9.44. The first-order valence-electron chi connectivity index (χ1n) is 11.7. The van der Waals surface area contributed by atoms with Crippen molar-refractivity contribution in [3.05, 3.63) is 98.8 Å². The van der Waals surface area contributed by atoms with E-state index in [0.717, 1.165) is 39.9 Å². The van der Waals surface area contributed by atoms with E-state index in [1.807, 2.05) is 13.8 Å². The number of halogens is 5. The van der Waals surface area contributed by atoms with Gasteiger partial charge in [-0.1, -0.05) is 19.9 Å². The maximum atomic E-state index is 14.5. The molecule has 0 aliphatic rings. The SMILES string of the molecule is CC(C)c1cc(-c2ccc(-c3cc(C(F)(F)F)c(C#N)c(=O)n3Cc3ccc(F)cc3F)s2)cc(S(C)(=O)=O)c1. The number of rotatable bonds is 6. The molecule has 0 atom stereocenters. The zero-order valence-electron chi connectivity index (χ0n) is 21.3. The van der Waals surface area contributed by atoms with Crippen LogP contribution in [0.4, 0.5) is 22.0 Å². The van der Waals surface area contributed by atoms with Gasteiger partial charge in [0.05, 0.1) is 27.6 Å². The molecule has 0 N–H and O–H groups in total. The summed E-state index contributed by atoms with van der Waals surface area (Å²) in [5.41, 5.74) is -3.06. The maximum Gasteiger partial charge on any atom is 0.417 e. The molecule has 2 aromatic carbocycles. The van der Waals surface area contributed by atoms with Gasteiger partial charge in [0.25, 0.3) is 5.56 Å². The molecule has 12 heteroatoms. The number of thiophene rings is 1. The lowest BCUT2D eigenvalue weighted by Gasteiger charge is -2.17. The number of hydrogen-bond acceptors (Lipinski definition) is 5. The quantitative estimate of drug-likeness (QED) is 0.226. The van der Waals surface area contributed by atoms with E-state index in [-0.39, 0.29) is 26.9 Å². The van der Waals surface area contributed by atoms with E-state index in [1.54, 1.807) is 18.2 Å². The highest BCUT2D eigenvalue weighted by Crippen LogP contribution is 2.39. The van der Waals surface area contributed by atoms with Gasteiger partial charge < -0.3 is 4.57 Å². The number of hydrogen-bond donors (Lipinski definition) is 0. The summed E-state index contributed by atoms with van der Waals surface area (Å²) in [6.45, 7) is 3.20. The third-order valence-corrected chi connectivity index (χ3v) is 8.48. The van der Waals surface area contributed by atoms with Crippen LogP contribution in [0.3, 0.4) is 0 Å². The minimum absolute atomic E-state index is 0.0245. The van der Waals surface area contributed by atoms with Gasteiger partial charge in [0.1, 0.15) is 23.3 Å². The van der Waals surface area contributed by atoms with Crippen LogP contribution in [0.25, 0.3) is 21.0 Å². The Labute approximate surface area is 230 Å². The van der Waals surface area contributed by atoms with Crippen molar-refractivity contribution in [2.45, 2.75) is 37.4 Å². The van der Waals surface area contributed by atoms with Crippen molar-refractivity contribution >= 4 is 21.2 Å². The summed E-state index contributed by atoms with van der Waals surface area (Å²) in [6.07, 6.45) is -3.96. The van der Waals surface area contributed by atoms with Gasteiger partial charge in [-0.15, -0.1) is 11.3 Å². The molecule has 2 aromatic heterocycles. The number of nitriles is 1. The van der Waals surface area contributed by atoms with Crippen molar-refractivity contribution in [3.8, 4) is 27.1 Å². The van der Waals surface area contributed by atoms with Crippen LogP contribution in [0.5, 0.6) is 0 Å². The van der Waals surface area contributed by atoms with Crippen molar-refractivity contribution < 1.29 is 30.4 Å². The molecule has 4 aromatic rings. The van der Waals surface area contributed by atoms with E-state index in [4.69, 9.17) is 0 Å². The van der Waals surface area contributed by atoms with Gasteiger partial charge in [0.15, 0.2) is 9.84 Å². The summed E-state index contributed by atoms with van der Waals surface area (Å²) in [4.78, 5) is 13.9. The van der Waals surface area contributed by atoms with Crippen molar-refractivity contribution in [2.24, 2.45) is 0 Å². The molecule has 0 saturated heterocycles. The minimum Gasteiger partial charge on any atom is -0.302 e. The molecule has 208 valence electrons. The minimum atomic E-state index is -5.03. The summed E-state index contributed by atoms with van der Waals surface area (Å²) in [6, 6.07) is 12.4. The van der Waals surface area contributed by atoms with Gasteiger partial charge >= 0.3 is 6.18 Å². The number of aromatic nitrogens is 1. The van der Waals surface area contributed by atoms with E-state index < -0.39 is 50.9 Å². The number of benzene rings is 2. The summed E-state index contributed by atoms with van der Waals surface area (Å²) in [7, 11) is -3.58. The first kappa shape index (κ1) is 29.2. The Morgan fingerprint density at radius 2 is 1.68 bits per heavy atom. The molecule has 0 spiro atoms. The highest BCUT2D eigenvalue weighted by molar-refractivity contribution is 7.90. The topological polar surface area (TPSA) is 79.9 Å². The summed E-state index contributed by atoms with van der Waals surface area (Å²) < 4.78 is 94.9. The molecule has 0 fully saturated rings. The van der Waals surface area contributed by atoms with Gasteiger partial charge in [-0.05, 0) is 59.5 Å². The summed E-state index contributed by atoms with van der Waals surface area (Å²) in [5, 5.41) is 9.39. The molecule has 0 radical (unpaired) electrons. The molecule has 0 saturated carbocycles. The fourth-order valence-corrected chi connectivity index (χ4v) is 5.81. The Morgan fingerprint density at radius 1 is 1.00 bits per heavy atom. The first-order valence-corrected chi connectivity index (χ1v) is 14.5. The Kier molecular flexibility index (Phi) is 7.75. The molecule has 0 aliphatic heterocycles. The van der Waals surface area contributed by atoms with Gasteiger partial charge in [-0.3, -0.25) is 4.79 Å². The highest BCUT2D eigenvalue weighted by Gasteiger charge is 2.37. The van der Waals surface area contributed by atoms with Crippen LogP contribution in [0.2, 0.25) is 0 Å². The number of nitrogens with zero attached hydrogens (tertiary/aromatic N) is 2. The average molecular weight is 593 g/mol. The third kappa shape index (κ3) is 5.85. The normalized spacial score (nSPS) is 12.1. The molecule has 2 heterocycles. The second-order valence-corrected chi connectivity index (χ2v) is 12.5. The first-order chi connectivity index (χ1) is 18.6. The zero-order chi connectivity index (χ0) is 29.6. The standard InChI is InChI=1S/C28H21F5N2O3S2/c1-15(2)17-8-18(10-20(9-17)40(3,37)38)25-6-7-26(39-25)24-12-22(28(31,32)33)21(13-34)27(36)35(24)14-16-4-5-19(29)11-23(16)30/h4-12,15H,14H2,1-3H3. The molecular weight excluding hydrogens is 571 g/mol.